The van der Waals surface area contributed by atoms with Crippen LogP contribution in [-0.4, -0.2) is 61.0 Å². The van der Waals surface area contributed by atoms with Crippen LogP contribution in [0.5, 0.6) is 0 Å². The minimum absolute atomic E-state index is 0.00225. The molecular formula is C33H37N17O3. The van der Waals surface area contributed by atoms with E-state index < -0.39 is 5.97 Å². The number of aryl methyl sites for hydroxylation is 4. The maximum Gasteiger partial charge on any atom is 0.341 e. The lowest BCUT2D eigenvalue weighted by atomic mass is 10.1. The second-order valence-corrected chi connectivity index (χ2v) is 12.0. The molecule has 0 spiro atoms. The normalized spacial score (nSPS) is 11.5. The Labute approximate surface area is 303 Å². The lowest BCUT2D eigenvalue weighted by Gasteiger charge is -2.14. The number of carboxylic acid groups (broad SMARTS) is 1. The van der Waals surface area contributed by atoms with Crippen molar-refractivity contribution in [3.8, 4) is 23.8 Å². The molecule has 0 saturated heterocycles. The van der Waals surface area contributed by atoms with Gasteiger partial charge in [0, 0.05) is 14.1 Å². The smallest absolute Gasteiger partial charge is 0.341 e. The Bertz CT molecular complexity index is 2210. The lowest BCUT2D eigenvalue weighted by Crippen LogP contribution is -2.15. The molecule has 0 aromatic carbocycles. The van der Waals surface area contributed by atoms with Crippen LogP contribution in [0.4, 0.5) is 34.6 Å². The van der Waals surface area contributed by atoms with Crippen molar-refractivity contribution in [2.45, 2.75) is 66.2 Å². The third kappa shape index (κ3) is 6.97. The van der Waals surface area contributed by atoms with Gasteiger partial charge in [0.15, 0.2) is 52.1 Å². The zero-order valence-corrected chi connectivity index (χ0v) is 30.0. The molecule has 272 valence electrons. The van der Waals surface area contributed by atoms with Gasteiger partial charge in [0.05, 0.1) is 29.3 Å². The Morgan fingerprint density at radius 2 is 1.23 bits per heavy atom. The first-order valence-corrected chi connectivity index (χ1v) is 16.6. The van der Waals surface area contributed by atoms with E-state index in [1.165, 1.54) is 38.9 Å². The average Bonchev–Trinajstić information content (AvgIpc) is 3.87. The Hall–Kier alpha value is -7.09. The number of pyridine rings is 1. The van der Waals surface area contributed by atoms with Crippen LogP contribution in [0.15, 0.2) is 32.9 Å². The van der Waals surface area contributed by atoms with Crippen molar-refractivity contribution in [1.82, 2.24) is 44.1 Å². The summed E-state index contributed by atoms with van der Waals surface area (Å²) in [6.07, 6.45) is 6.52. The van der Waals surface area contributed by atoms with Crippen molar-refractivity contribution in [1.29, 1.82) is 10.5 Å². The van der Waals surface area contributed by atoms with Gasteiger partial charge < -0.3 is 16.6 Å². The molecular weight excluding hydrogens is 682 g/mol. The molecule has 53 heavy (non-hydrogen) atoms. The summed E-state index contributed by atoms with van der Waals surface area (Å²) in [4.78, 5) is 28.7. The molecule has 20 heteroatoms. The number of azo groups is 2. The summed E-state index contributed by atoms with van der Waals surface area (Å²) in [6, 6.07) is 4.25. The van der Waals surface area contributed by atoms with Crippen LogP contribution < -0.4 is 11.5 Å². The van der Waals surface area contributed by atoms with E-state index >= 15 is 0 Å². The number of rotatable bonds is 14. The average molecular weight is 720 g/mol. The molecule has 0 aliphatic rings. The monoisotopic (exact) mass is 719 g/mol. The first-order chi connectivity index (χ1) is 25.4. The number of unbranched alkanes of at least 4 members (excludes halogenated alkanes) is 2. The molecule has 0 unspecified atom stereocenters. The van der Waals surface area contributed by atoms with Crippen LogP contribution in [0.1, 0.15) is 95.2 Å². The lowest BCUT2D eigenvalue weighted by molar-refractivity contribution is 0.0697. The predicted octanol–water partition coefficient (Wildman–Crippen LogP) is 5.55. The molecule has 0 saturated carbocycles. The standard InChI is InChI=1S/C33H37N17O3/c1-7-9-11-23-25(41-43-31-21(18(4)51)15-38-47(31)5)27(36)49(45-23)29-19(13-34)17(3)20(14-35)30(40-29)50-28(37)26(24(46-50)12-10-8-2)42-44-32-22(33(52)53)16-39-48(32)6/h15-16H,7-12,36-37H2,1-6H3,(H,52,53)/b43-41+,44-42+. The molecule has 0 fully saturated rings. The van der Waals surface area contributed by atoms with Gasteiger partial charge in [-0.1, -0.05) is 26.7 Å². The summed E-state index contributed by atoms with van der Waals surface area (Å²) in [6.45, 7) is 7.00. The fraction of sp³-hybridized carbons (Fsp3) is 0.364. The van der Waals surface area contributed by atoms with Gasteiger partial charge in [-0.25, -0.2) is 19.1 Å². The summed E-state index contributed by atoms with van der Waals surface area (Å²) in [5, 5.41) is 64.9. The van der Waals surface area contributed by atoms with Crippen molar-refractivity contribution in [3.63, 3.8) is 0 Å². The van der Waals surface area contributed by atoms with Crippen LogP contribution in [-0.2, 0) is 26.9 Å². The Kier molecular flexibility index (Phi) is 10.8. The van der Waals surface area contributed by atoms with Crippen LogP contribution in [0.3, 0.4) is 0 Å². The molecule has 5 aromatic heterocycles. The van der Waals surface area contributed by atoms with Gasteiger partial charge in [0.25, 0.3) is 0 Å². The number of aromatic carboxylic acids is 1. The van der Waals surface area contributed by atoms with E-state index in [-0.39, 0.29) is 79.9 Å². The summed E-state index contributed by atoms with van der Waals surface area (Å²) >= 11 is 0. The van der Waals surface area contributed by atoms with E-state index in [1.54, 1.807) is 14.0 Å². The van der Waals surface area contributed by atoms with Crippen LogP contribution >= 0.6 is 0 Å². The van der Waals surface area contributed by atoms with E-state index in [9.17, 15) is 25.2 Å². The Morgan fingerprint density at radius 1 is 0.792 bits per heavy atom. The predicted molar refractivity (Wildman–Crippen MR) is 190 cm³/mol. The highest BCUT2D eigenvalue weighted by atomic mass is 16.4. The largest absolute Gasteiger partial charge is 0.477 e. The van der Waals surface area contributed by atoms with Crippen molar-refractivity contribution < 1.29 is 14.7 Å². The number of carbonyl (C=O) groups is 2. The van der Waals surface area contributed by atoms with Gasteiger partial charge in [-0.3, -0.25) is 4.79 Å². The molecule has 20 nitrogen and oxygen atoms in total. The van der Waals surface area contributed by atoms with Gasteiger partial charge in [0.2, 0.25) is 0 Å². The van der Waals surface area contributed by atoms with Crippen molar-refractivity contribution >= 4 is 46.4 Å². The molecule has 0 aliphatic heterocycles. The van der Waals surface area contributed by atoms with Gasteiger partial charge >= 0.3 is 5.97 Å². The SMILES string of the molecule is CCCCc1nn(-c2nc(-n3nc(CCCC)c(/N=N/c4c(C(=O)O)cnn4C)c3N)c(C#N)c(C)c2C#N)c(N)c1/N=N/c1c(C(C)=O)cnn1C. The highest BCUT2D eigenvalue weighted by Crippen LogP contribution is 2.37. The van der Waals surface area contributed by atoms with Crippen LogP contribution in [0.2, 0.25) is 0 Å². The summed E-state index contributed by atoms with van der Waals surface area (Å²) < 4.78 is 5.18. The van der Waals surface area contributed by atoms with Gasteiger partial charge in [0.1, 0.15) is 28.8 Å². The quantitative estimate of drug-likeness (QED) is 0.0940. The molecule has 5 rings (SSSR count). The molecule has 0 radical (unpaired) electrons. The second kappa shape index (κ2) is 15.4. The fourth-order valence-corrected chi connectivity index (χ4v) is 5.45. The zero-order valence-electron chi connectivity index (χ0n) is 30.0. The number of nitrogens with zero attached hydrogens (tertiary/aromatic N) is 15. The molecule has 0 aliphatic carbocycles. The molecule has 0 amide bonds. The Balaban J connectivity index is 1.72. The molecule has 0 atom stereocenters. The minimum Gasteiger partial charge on any atom is -0.477 e. The van der Waals surface area contributed by atoms with Crippen molar-refractivity contribution in [2.75, 3.05) is 11.5 Å². The number of carbonyl (C=O) groups excluding carboxylic acids is 1. The molecule has 5 heterocycles. The van der Waals surface area contributed by atoms with Crippen molar-refractivity contribution in [2.24, 2.45) is 34.6 Å². The summed E-state index contributed by atoms with van der Waals surface area (Å²) in [5.41, 5.74) is 15.0. The van der Waals surface area contributed by atoms with E-state index in [0.717, 1.165) is 25.5 Å². The molecule has 0 bridgehead atoms. The number of ketones is 1. The first-order valence-electron chi connectivity index (χ1n) is 16.6. The number of nitriles is 2. The highest BCUT2D eigenvalue weighted by Gasteiger charge is 2.28. The Morgan fingerprint density at radius 3 is 1.62 bits per heavy atom. The molecule has 5 aromatic rings. The number of aromatic nitrogens is 9. The van der Waals surface area contributed by atoms with E-state index in [0.29, 0.717) is 30.7 Å². The van der Waals surface area contributed by atoms with E-state index in [2.05, 4.69) is 47.9 Å². The van der Waals surface area contributed by atoms with Crippen molar-refractivity contribution in [3.05, 3.63) is 51.6 Å². The highest BCUT2D eigenvalue weighted by molar-refractivity contribution is 5.98. The number of Topliss-reactive ketones (excluding diaryl/α,β-unsaturated/α-hetero) is 1. The van der Waals surface area contributed by atoms with Gasteiger partial charge in [-0.15, -0.1) is 20.5 Å². The van der Waals surface area contributed by atoms with E-state index in [4.69, 9.17) is 21.5 Å². The first kappa shape index (κ1) is 37.2. The van der Waals surface area contributed by atoms with E-state index in [1.807, 2.05) is 13.8 Å². The number of anilines is 2. The topological polar surface area (TPSA) is 288 Å². The maximum absolute atomic E-state index is 12.2. The number of nitrogen functional groups attached to an aromatic ring is 2. The number of hydrogen-bond acceptors (Lipinski definition) is 15. The second-order valence-electron chi connectivity index (χ2n) is 12.0. The van der Waals surface area contributed by atoms with Gasteiger partial charge in [-0.2, -0.15) is 40.3 Å². The number of carboxylic acids is 1. The fourth-order valence-electron chi connectivity index (χ4n) is 5.45. The van der Waals surface area contributed by atoms with Crippen LogP contribution in [0.25, 0.3) is 11.6 Å². The molecule has 5 N–H and O–H groups in total. The number of nitrogens with two attached hydrogens (primary N) is 2. The third-order valence-corrected chi connectivity index (χ3v) is 8.41. The minimum atomic E-state index is -1.23. The number of hydrogen-bond donors (Lipinski definition) is 3. The summed E-state index contributed by atoms with van der Waals surface area (Å²) in [7, 11) is 3.16. The zero-order chi connectivity index (χ0) is 38.6. The third-order valence-electron chi connectivity index (χ3n) is 8.41. The maximum atomic E-state index is 12.2. The van der Waals surface area contributed by atoms with Gasteiger partial charge in [-0.05, 0) is 45.1 Å². The summed E-state index contributed by atoms with van der Waals surface area (Å²) in [5.74, 6) is -1.35. The van der Waals surface area contributed by atoms with Crippen LogP contribution in [0, 0.1) is 29.6 Å².